The van der Waals surface area contributed by atoms with Gasteiger partial charge < -0.3 is 14.8 Å². The standard InChI is InChI=1S/C11H21NO3/c1-9(14-3)10(13)12-8-11(2)4-6-15-7-5-11/h9H,4-8H2,1-3H3,(H,12,13). The van der Waals surface area contributed by atoms with Gasteiger partial charge in [0.15, 0.2) is 0 Å². The van der Waals surface area contributed by atoms with E-state index in [2.05, 4.69) is 12.2 Å². The Hall–Kier alpha value is -0.610. The molecule has 0 aromatic carbocycles. The Labute approximate surface area is 91.3 Å². The predicted octanol–water partition coefficient (Wildman–Crippen LogP) is 0.954. The predicted molar refractivity (Wildman–Crippen MR) is 57.6 cm³/mol. The molecule has 1 aliphatic heterocycles. The number of amides is 1. The van der Waals surface area contributed by atoms with Crippen LogP contribution in [0.25, 0.3) is 0 Å². The van der Waals surface area contributed by atoms with Crippen LogP contribution in [0.1, 0.15) is 26.7 Å². The molecule has 1 aliphatic rings. The molecule has 0 spiro atoms. The summed E-state index contributed by atoms with van der Waals surface area (Å²) in [6, 6.07) is 0. The largest absolute Gasteiger partial charge is 0.381 e. The van der Waals surface area contributed by atoms with Crippen molar-refractivity contribution >= 4 is 5.91 Å². The number of hydrogen-bond acceptors (Lipinski definition) is 3. The van der Waals surface area contributed by atoms with E-state index in [0.29, 0.717) is 6.54 Å². The molecule has 0 aliphatic carbocycles. The fraction of sp³-hybridized carbons (Fsp3) is 0.909. The van der Waals surface area contributed by atoms with Gasteiger partial charge in [-0.15, -0.1) is 0 Å². The molecule has 1 atom stereocenters. The van der Waals surface area contributed by atoms with Gasteiger partial charge in [-0.1, -0.05) is 6.92 Å². The summed E-state index contributed by atoms with van der Waals surface area (Å²) in [4.78, 5) is 11.5. The maximum Gasteiger partial charge on any atom is 0.248 e. The summed E-state index contributed by atoms with van der Waals surface area (Å²) >= 11 is 0. The molecule has 1 unspecified atom stereocenters. The Kier molecular flexibility index (Phi) is 4.54. The second kappa shape index (κ2) is 5.47. The maximum absolute atomic E-state index is 11.5. The molecular weight excluding hydrogens is 194 g/mol. The number of nitrogens with one attached hydrogen (secondary N) is 1. The van der Waals surface area contributed by atoms with Crippen LogP contribution < -0.4 is 5.32 Å². The van der Waals surface area contributed by atoms with Crippen LogP contribution in [0.5, 0.6) is 0 Å². The van der Waals surface area contributed by atoms with E-state index < -0.39 is 0 Å². The number of carbonyl (C=O) groups excluding carboxylic acids is 1. The van der Waals surface area contributed by atoms with Crippen molar-refractivity contribution < 1.29 is 14.3 Å². The smallest absolute Gasteiger partial charge is 0.248 e. The molecule has 4 nitrogen and oxygen atoms in total. The van der Waals surface area contributed by atoms with Gasteiger partial charge in [0.05, 0.1) is 0 Å². The molecule has 0 aromatic heterocycles. The maximum atomic E-state index is 11.5. The lowest BCUT2D eigenvalue weighted by molar-refractivity contribution is -0.130. The van der Waals surface area contributed by atoms with Crippen LogP contribution in [-0.2, 0) is 14.3 Å². The van der Waals surface area contributed by atoms with Gasteiger partial charge >= 0.3 is 0 Å². The Balaban J connectivity index is 2.31. The third-order valence-electron chi connectivity index (χ3n) is 3.11. The number of rotatable bonds is 4. The highest BCUT2D eigenvalue weighted by Gasteiger charge is 2.28. The van der Waals surface area contributed by atoms with E-state index >= 15 is 0 Å². The van der Waals surface area contributed by atoms with Gasteiger partial charge in [-0.3, -0.25) is 4.79 Å². The minimum Gasteiger partial charge on any atom is -0.381 e. The molecule has 15 heavy (non-hydrogen) atoms. The van der Waals surface area contributed by atoms with Crippen molar-refractivity contribution in [2.45, 2.75) is 32.8 Å². The highest BCUT2D eigenvalue weighted by molar-refractivity contribution is 5.80. The van der Waals surface area contributed by atoms with Gasteiger partial charge in [0, 0.05) is 26.9 Å². The molecule has 1 heterocycles. The number of hydrogen-bond donors (Lipinski definition) is 1. The Morgan fingerprint density at radius 1 is 1.53 bits per heavy atom. The second-order valence-electron chi connectivity index (χ2n) is 4.52. The number of methoxy groups -OCH3 is 1. The SMILES string of the molecule is COC(C)C(=O)NCC1(C)CCOCC1. The molecule has 1 amide bonds. The normalized spacial score (nSPS) is 22.1. The topological polar surface area (TPSA) is 47.6 Å². The highest BCUT2D eigenvalue weighted by atomic mass is 16.5. The third kappa shape index (κ3) is 3.80. The molecular formula is C11H21NO3. The van der Waals surface area contributed by atoms with Gasteiger partial charge in [0.1, 0.15) is 6.10 Å². The van der Waals surface area contributed by atoms with Crippen molar-refractivity contribution in [3.05, 3.63) is 0 Å². The first-order valence-corrected chi connectivity index (χ1v) is 5.46. The lowest BCUT2D eigenvalue weighted by Gasteiger charge is -2.33. The zero-order valence-corrected chi connectivity index (χ0v) is 9.84. The van der Waals surface area contributed by atoms with Gasteiger partial charge in [0.2, 0.25) is 5.91 Å². The summed E-state index contributed by atoms with van der Waals surface area (Å²) in [7, 11) is 1.54. The van der Waals surface area contributed by atoms with Crippen molar-refractivity contribution in [2.75, 3.05) is 26.9 Å². The van der Waals surface area contributed by atoms with Crippen LogP contribution >= 0.6 is 0 Å². The molecule has 1 N–H and O–H groups in total. The molecule has 0 aromatic rings. The van der Waals surface area contributed by atoms with E-state index in [-0.39, 0.29) is 17.4 Å². The van der Waals surface area contributed by atoms with Crippen molar-refractivity contribution in [1.29, 1.82) is 0 Å². The first-order chi connectivity index (χ1) is 7.07. The summed E-state index contributed by atoms with van der Waals surface area (Å²) in [5.41, 5.74) is 0.182. The third-order valence-corrected chi connectivity index (χ3v) is 3.11. The van der Waals surface area contributed by atoms with Crippen molar-refractivity contribution in [3.8, 4) is 0 Å². The van der Waals surface area contributed by atoms with Crippen LogP contribution in [0.3, 0.4) is 0 Å². The first-order valence-electron chi connectivity index (χ1n) is 5.46. The fourth-order valence-electron chi connectivity index (χ4n) is 1.59. The van der Waals surface area contributed by atoms with Crippen LogP contribution in [0.15, 0.2) is 0 Å². The van der Waals surface area contributed by atoms with Gasteiger partial charge in [-0.05, 0) is 25.2 Å². The Bertz CT molecular complexity index is 212. The van der Waals surface area contributed by atoms with Gasteiger partial charge in [0.25, 0.3) is 0 Å². The van der Waals surface area contributed by atoms with Crippen LogP contribution in [0, 0.1) is 5.41 Å². The minimum absolute atomic E-state index is 0.0368. The lowest BCUT2D eigenvalue weighted by atomic mass is 9.82. The van der Waals surface area contributed by atoms with Crippen molar-refractivity contribution in [2.24, 2.45) is 5.41 Å². The van der Waals surface area contributed by atoms with Gasteiger partial charge in [-0.25, -0.2) is 0 Å². The molecule has 0 radical (unpaired) electrons. The Morgan fingerprint density at radius 3 is 2.67 bits per heavy atom. The summed E-state index contributed by atoms with van der Waals surface area (Å²) < 4.78 is 10.3. The average molecular weight is 215 g/mol. The fourth-order valence-corrected chi connectivity index (χ4v) is 1.59. The van der Waals surface area contributed by atoms with Crippen molar-refractivity contribution in [3.63, 3.8) is 0 Å². The average Bonchev–Trinajstić information content (AvgIpc) is 2.26. The van der Waals surface area contributed by atoms with Crippen LogP contribution in [0.4, 0.5) is 0 Å². The lowest BCUT2D eigenvalue weighted by Crippen LogP contribution is -2.42. The molecule has 4 heteroatoms. The zero-order valence-electron chi connectivity index (χ0n) is 9.84. The van der Waals surface area contributed by atoms with Gasteiger partial charge in [-0.2, -0.15) is 0 Å². The summed E-state index contributed by atoms with van der Waals surface area (Å²) in [5, 5.41) is 2.92. The molecule has 1 saturated heterocycles. The number of ether oxygens (including phenoxy) is 2. The Morgan fingerprint density at radius 2 is 2.13 bits per heavy atom. The molecule has 0 saturated carbocycles. The van der Waals surface area contributed by atoms with Crippen LogP contribution in [0.2, 0.25) is 0 Å². The first kappa shape index (κ1) is 12.5. The number of carbonyl (C=O) groups is 1. The van der Waals surface area contributed by atoms with Crippen LogP contribution in [-0.4, -0.2) is 38.9 Å². The quantitative estimate of drug-likeness (QED) is 0.759. The van der Waals surface area contributed by atoms with E-state index in [0.717, 1.165) is 26.1 Å². The van der Waals surface area contributed by atoms with E-state index in [1.807, 2.05) is 0 Å². The summed E-state index contributed by atoms with van der Waals surface area (Å²) in [6.45, 7) is 6.25. The minimum atomic E-state index is -0.367. The van der Waals surface area contributed by atoms with E-state index in [4.69, 9.17) is 9.47 Å². The monoisotopic (exact) mass is 215 g/mol. The highest BCUT2D eigenvalue weighted by Crippen LogP contribution is 2.28. The van der Waals surface area contributed by atoms with E-state index in [1.54, 1.807) is 14.0 Å². The van der Waals surface area contributed by atoms with Crippen molar-refractivity contribution in [1.82, 2.24) is 5.32 Å². The summed E-state index contributed by atoms with van der Waals surface area (Å²) in [5.74, 6) is -0.0368. The molecule has 1 rings (SSSR count). The van der Waals surface area contributed by atoms with E-state index in [9.17, 15) is 4.79 Å². The molecule has 0 bridgehead atoms. The second-order valence-corrected chi connectivity index (χ2v) is 4.52. The van der Waals surface area contributed by atoms with E-state index in [1.165, 1.54) is 0 Å². The summed E-state index contributed by atoms with van der Waals surface area (Å²) in [6.07, 6.45) is 1.65. The molecule has 88 valence electrons. The molecule has 1 fully saturated rings. The zero-order chi connectivity index (χ0) is 11.3.